The van der Waals surface area contributed by atoms with Gasteiger partial charge in [-0.3, -0.25) is 4.52 Å². The second-order valence-electron chi connectivity index (χ2n) is 2.03. The summed E-state index contributed by atoms with van der Waals surface area (Å²) in [7, 11) is -4.21. The van der Waals surface area contributed by atoms with E-state index in [2.05, 4.69) is 4.52 Å². The molecule has 0 aromatic rings. The van der Waals surface area contributed by atoms with Crippen LogP contribution in [0.3, 0.4) is 0 Å². The lowest BCUT2D eigenvalue weighted by Crippen LogP contribution is -1.91. The second-order valence-corrected chi connectivity index (χ2v) is 3.27. The first-order valence-corrected chi connectivity index (χ1v) is 4.79. The van der Waals surface area contributed by atoms with E-state index in [1.165, 1.54) is 0 Å². The van der Waals surface area contributed by atoms with Crippen molar-refractivity contribution in [1.29, 1.82) is 0 Å². The molecule has 0 aliphatic carbocycles. The van der Waals surface area contributed by atoms with Gasteiger partial charge in [0.15, 0.2) is 0 Å². The fraction of sp³-hybridized carbons (Fsp3) is 1.00. The molecule has 0 atom stereocenters. The third-order valence-corrected chi connectivity index (χ3v) is 1.53. The molecular weight excluding hydrogens is 187 g/mol. The van der Waals surface area contributed by atoms with Crippen molar-refractivity contribution in [2.45, 2.75) is 26.2 Å². The summed E-state index contributed by atoms with van der Waals surface area (Å²) < 4.78 is 14.3. The van der Waals surface area contributed by atoms with E-state index in [9.17, 15) is 4.57 Å². The predicted octanol–water partition coefficient (Wildman–Crippen LogP) is 1.40. The smallest absolute Gasteiger partial charge is 0.303 e. The fourth-order valence-electron chi connectivity index (χ4n) is 0.536. The molecule has 2 N–H and O–H groups in total. The third-order valence-electron chi connectivity index (χ3n) is 1.01. The minimum atomic E-state index is -4.21. The summed E-state index contributed by atoms with van der Waals surface area (Å²) >= 11 is 0. The first kappa shape index (κ1) is 14.0. The first-order chi connectivity index (χ1) is 4.56. The Labute approximate surface area is 73.6 Å². The van der Waals surface area contributed by atoms with Crippen LogP contribution in [-0.2, 0) is 9.09 Å². The Hall–Kier alpha value is 0.460. The highest BCUT2D eigenvalue weighted by Crippen LogP contribution is 2.35. The van der Waals surface area contributed by atoms with Gasteiger partial charge < -0.3 is 9.79 Å². The zero-order chi connectivity index (χ0) is 8.04. The molecule has 0 aliphatic heterocycles. The lowest BCUT2D eigenvalue weighted by atomic mass is 10.3. The molecule has 0 spiro atoms. The first-order valence-electron chi connectivity index (χ1n) is 3.26. The average molecular weight is 202 g/mol. The SMILES string of the molecule is CCCCCOP(=O)(O)O.S. The summed E-state index contributed by atoms with van der Waals surface area (Å²) in [6.45, 7) is 2.16. The Balaban J connectivity index is 0. The van der Waals surface area contributed by atoms with Crippen molar-refractivity contribution >= 4 is 21.3 Å². The van der Waals surface area contributed by atoms with Crippen molar-refractivity contribution in [3.8, 4) is 0 Å². The van der Waals surface area contributed by atoms with Crippen molar-refractivity contribution in [3.63, 3.8) is 0 Å². The van der Waals surface area contributed by atoms with Gasteiger partial charge in [0.1, 0.15) is 0 Å². The molecule has 0 saturated carbocycles. The molecule has 0 aliphatic rings. The number of rotatable bonds is 5. The van der Waals surface area contributed by atoms with Crippen molar-refractivity contribution in [2.75, 3.05) is 6.61 Å². The largest absolute Gasteiger partial charge is 0.469 e. The number of unbranched alkanes of at least 4 members (excludes halogenated alkanes) is 2. The standard InChI is InChI=1S/C5H13O4P.H2S/c1-2-3-4-5-9-10(6,7)8;/h2-5H2,1H3,(H2,6,7,8);1H2. The van der Waals surface area contributed by atoms with E-state index in [0.29, 0.717) is 6.42 Å². The highest BCUT2D eigenvalue weighted by atomic mass is 32.1. The van der Waals surface area contributed by atoms with Crippen LogP contribution >= 0.6 is 21.3 Å². The average Bonchev–Trinajstić information content (AvgIpc) is 1.78. The maximum Gasteiger partial charge on any atom is 0.469 e. The van der Waals surface area contributed by atoms with Crippen molar-refractivity contribution in [1.82, 2.24) is 0 Å². The van der Waals surface area contributed by atoms with Gasteiger partial charge in [0.25, 0.3) is 0 Å². The topological polar surface area (TPSA) is 66.8 Å². The van der Waals surface area contributed by atoms with Crippen LogP contribution in [0.25, 0.3) is 0 Å². The van der Waals surface area contributed by atoms with Crippen molar-refractivity contribution < 1.29 is 18.9 Å². The molecule has 0 aromatic heterocycles. The van der Waals surface area contributed by atoms with Crippen LogP contribution in [0.15, 0.2) is 0 Å². The monoisotopic (exact) mass is 202 g/mol. The van der Waals surface area contributed by atoms with Crippen LogP contribution in [0.1, 0.15) is 26.2 Å². The van der Waals surface area contributed by atoms with Gasteiger partial charge in [-0.2, -0.15) is 13.5 Å². The fourth-order valence-corrected chi connectivity index (χ4v) is 0.902. The van der Waals surface area contributed by atoms with Crippen LogP contribution < -0.4 is 0 Å². The van der Waals surface area contributed by atoms with Crippen LogP contribution in [0.2, 0.25) is 0 Å². The third kappa shape index (κ3) is 13.5. The minimum Gasteiger partial charge on any atom is -0.303 e. The van der Waals surface area contributed by atoms with Gasteiger partial charge in [-0.25, -0.2) is 4.57 Å². The lowest BCUT2D eigenvalue weighted by Gasteiger charge is -2.02. The Morgan fingerprint density at radius 2 is 1.91 bits per heavy atom. The molecule has 0 heterocycles. The maximum atomic E-state index is 10.1. The minimum absolute atomic E-state index is 0. The van der Waals surface area contributed by atoms with Gasteiger partial charge in [-0.15, -0.1) is 0 Å². The molecule has 0 saturated heterocycles. The Morgan fingerprint density at radius 3 is 2.27 bits per heavy atom. The number of hydrogen-bond acceptors (Lipinski definition) is 2. The summed E-state index contributed by atoms with van der Waals surface area (Å²) in [5.41, 5.74) is 0. The second kappa shape index (κ2) is 7.13. The predicted molar refractivity (Wildman–Crippen MR) is 47.9 cm³/mol. The van der Waals surface area contributed by atoms with Gasteiger partial charge in [-0.05, 0) is 6.42 Å². The highest BCUT2D eigenvalue weighted by Gasteiger charge is 2.11. The van der Waals surface area contributed by atoms with Crippen molar-refractivity contribution in [2.24, 2.45) is 0 Å². The van der Waals surface area contributed by atoms with E-state index >= 15 is 0 Å². The molecule has 0 amide bonds. The van der Waals surface area contributed by atoms with E-state index in [1.54, 1.807) is 0 Å². The molecule has 0 fully saturated rings. The molecule has 11 heavy (non-hydrogen) atoms. The molecule has 0 unspecified atom stereocenters. The highest BCUT2D eigenvalue weighted by molar-refractivity contribution is 7.59. The summed E-state index contributed by atoms with van der Waals surface area (Å²) in [6.07, 6.45) is 2.67. The van der Waals surface area contributed by atoms with E-state index in [4.69, 9.17) is 9.79 Å². The normalized spacial score (nSPS) is 10.8. The molecule has 0 bridgehead atoms. The van der Waals surface area contributed by atoms with Gasteiger partial charge in [0.2, 0.25) is 0 Å². The summed E-state index contributed by atoms with van der Waals surface area (Å²) in [5.74, 6) is 0. The molecule has 0 rings (SSSR count). The molecule has 0 aromatic carbocycles. The summed E-state index contributed by atoms with van der Waals surface area (Å²) in [4.78, 5) is 16.4. The molecular formula is C5H15O4PS. The number of hydrogen-bond donors (Lipinski definition) is 2. The number of phosphoric ester groups is 1. The quantitative estimate of drug-likeness (QED) is 0.522. The van der Waals surface area contributed by atoms with Crippen LogP contribution in [-0.4, -0.2) is 16.4 Å². The zero-order valence-corrected chi connectivity index (χ0v) is 8.38. The summed E-state index contributed by atoms with van der Waals surface area (Å²) in [6, 6.07) is 0. The van der Waals surface area contributed by atoms with Crippen molar-refractivity contribution in [3.05, 3.63) is 0 Å². The molecule has 6 heteroatoms. The van der Waals surface area contributed by atoms with E-state index < -0.39 is 7.82 Å². The van der Waals surface area contributed by atoms with E-state index in [0.717, 1.165) is 12.8 Å². The lowest BCUT2D eigenvalue weighted by molar-refractivity contribution is 0.193. The molecule has 4 nitrogen and oxygen atoms in total. The van der Waals surface area contributed by atoms with Crippen LogP contribution in [0, 0.1) is 0 Å². The molecule has 0 radical (unpaired) electrons. The van der Waals surface area contributed by atoms with Gasteiger partial charge in [-0.1, -0.05) is 19.8 Å². The van der Waals surface area contributed by atoms with E-state index in [1.807, 2.05) is 6.92 Å². The summed E-state index contributed by atoms with van der Waals surface area (Å²) in [5, 5.41) is 0. The van der Waals surface area contributed by atoms with Crippen LogP contribution in [0.4, 0.5) is 0 Å². The Bertz CT molecular complexity index is 124. The molecule has 70 valence electrons. The number of phosphoric acid groups is 1. The van der Waals surface area contributed by atoms with E-state index in [-0.39, 0.29) is 20.1 Å². The van der Waals surface area contributed by atoms with Gasteiger partial charge in [0.05, 0.1) is 6.61 Å². The maximum absolute atomic E-state index is 10.1. The Kier molecular flexibility index (Phi) is 9.08. The van der Waals surface area contributed by atoms with Gasteiger partial charge >= 0.3 is 7.82 Å². The zero-order valence-electron chi connectivity index (χ0n) is 6.49. The van der Waals surface area contributed by atoms with Crippen LogP contribution in [0.5, 0.6) is 0 Å². The van der Waals surface area contributed by atoms with Gasteiger partial charge in [0, 0.05) is 0 Å². The Morgan fingerprint density at radius 1 is 1.36 bits per heavy atom.